The van der Waals surface area contributed by atoms with Gasteiger partial charge in [0, 0.05) is 15.1 Å². The number of hydrogen-bond donors (Lipinski definition) is 1. The van der Waals surface area contributed by atoms with Gasteiger partial charge in [0.2, 0.25) is 5.91 Å². The fourth-order valence-corrected chi connectivity index (χ4v) is 2.81. The van der Waals surface area contributed by atoms with E-state index >= 15 is 0 Å². The van der Waals surface area contributed by atoms with Gasteiger partial charge in [-0.15, -0.1) is 11.8 Å². The summed E-state index contributed by atoms with van der Waals surface area (Å²) in [5.41, 5.74) is 1.91. The van der Waals surface area contributed by atoms with Crippen molar-refractivity contribution in [1.29, 1.82) is 0 Å². The molecule has 0 saturated carbocycles. The predicted octanol–water partition coefficient (Wildman–Crippen LogP) is 4.49. The fourth-order valence-electron chi connectivity index (χ4n) is 1.62. The lowest BCUT2D eigenvalue weighted by molar-refractivity contribution is -0.113. The molecule has 0 aliphatic heterocycles. The van der Waals surface area contributed by atoms with Crippen LogP contribution in [0.25, 0.3) is 0 Å². The summed E-state index contributed by atoms with van der Waals surface area (Å²) in [6, 6.07) is 15.7. The molecule has 98 valence electrons. The van der Waals surface area contributed by atoms with Gasteiger partial charge in [0.25, 0.3) is 0 Å². The molecule has 2 nitrogen and oxygen atoms in total. The number of nitrogens with one attached hydrogen (secondary N) is 1. The first-order valence-electron chi connectivity index (χ1n) is 5.89. The van der Waals surface area contributed by atoms with Gasteiger partial charge in [-0.2, -0.15) is 0 Å². The average Bonchev–Trinajstić information content (AvgIpc) is 2.41. The van der Waals surface area contributed by atoms with Gasteiger partial charge in [-0.05, 0) is 42.8 Å². The molecule has 0 atom stereocenters. The van der Waals surface area contributed by atoms with E-state index in [1.165, 1.54) is 11.8 Å². The molecule has 1 N–H and O–H groups in total. The van der Waals surface area contributed by atoms with E-state index in [1.54, 1.807) is 0 Å². The molecular formula is C15H14BrNOS. The van der Waals surface area contributed by atoms with Crippen molar-refractivity contribution in [2.24, 2.45) is 0 Å². The molecule has 19 heavy (non-hydrogen) atoms. The predicted molar refractivity (Wildman–Crippen MR) is 84.7 cm³/mol. The Kier molecular flexibility index (Phi) is 5.05. The highest BCUT2D eigenvalue weighted by Gasteiger charge is 2.05. The lowest BCUT2D eigenvalue weighted by atomic mass is 10.2. The van der Waals surface area contributed by atoms with Crippen LogP contribution < -0.4 is 5.32 Å². The van der Waals surface area contributed by atoms with Crippen LogP contribution in [0.1, 0.15) is 5.56 Å². The largest absolute Gasteiger partial charge is 0.325 e. The Bertz CT molecular complexity index is 572. The van der Waals surface area contributed by atoms with Crippen molar-refractivity contribution < 1.29 is 4.79 Å². The second kappa shape index (κ2) is 6.78. The zero-order chi connectivity index (χ0) is 13.7. The topological polar surface area (TPSA) is 29.1 Å². The van der Waals surface area contributed by atoms with Crippen LogP contribution in [0, 0.1) is 6.92 Å². The minimum absolute atomic E-state index is 0.0132. The molecule has 0 aliphatic carbocycles. The van der Waals surface area contributed by atoms with E-state index in [2.05, 4.69) is 21.2 Å². The number of hydrogen-bond acceptors (Lipinski definition) is 2. The Hall–Kier alpha value is -1.26. The second-order valence-corrected chi connectivity index (χ2v) is 6.07. The maximum absolute atomic E-state index is 11.9. The molecule has 2 aromatic carbocycles. The highest BCUT2D eigenvalue weighted by Crippen LogP contribution is 2.21. The Morgan fingerprint density at radius 3 is 2.63 bits per heavy atom. The van der Waals surface area contributed by atoms with E-state index in [0.29, 0.717) is 5.75 Å². The molecule has 0 unspecified atom stereocenters. The lowest BCUT2D eigenvalue weighted by Gasteiger charge is -2.08. The summed E-state index contributed by atoms with van der Waals surface area (Å²) in [7, 11) is 0. The molecule has 0 aromatic heterocycles. The van der Waals surface area contributed by atoms with Crippen LogP contribution in [0.4, 0.5) is 5.69 Å². The zero-order valence-corrected chi connectivity index (χ0v) is 12.9. The Balaban J connectivity index is 1.91. The second-order valence-electron chi connectivity index (χ2n) is 4.11. The maximum atomic E-state index is 11.9. The van der Waals surface area contributed by atoms with Crippen molar-refractivity contribution in [3.05, 3.63) is 58.6 Å². The summed E-state index contributed by atoms with van der Waals surface area (Å²) in [5, 5.41) is 2.93. The van der Waals surface area contributed by atoms with Crippen LogP contribution in [0.2, 0.25) is 0 Å². The smallest absolute Gasteiger partial charge is 0.234 e. The van der Waals surface area contributed by atoms with Gasteiger partial charge in [0.15, 0.2) is 0 Å². The molecule has 0 bridgehead atoms. The van der Waals surface area contributed by atoms with Crippen molar-refractivity contribution in [1.82, 2.24) is 0 Å². The normalized spacial score (nSPS) is 10.2. The van der Waals surface area contributed by atoms with Gasteiger partial charge in [-0.3, -0.25) is 4.79 Å². The van der Waals surface area contributed by atoms with Gasteiger partial charge < -0.3 is 5.32 Å². The van der Waals surface area contributed by atoms with E-state index in [-0.39, 0.29) is 5.91 Å². The van der Waals surface area contributed by atoms with Crippen LogP contribution in [-0.4, -0.2) is 11.7 Å². The van der Waals surface area contributed by atoms with Crippen LogP contribution in [0.3, 0.4) is 0 Å². The number of thioether (sulfide) groups is 1. The Morgan fingerprint density at radius 2 is 1.95 bits per heavy atom. The molecule has 4 heteroatoms. The van der Waals surface area contributed by atoms with Crippen molar-refractivity contribution >= 4 is 39.3 Å². The standard InChI is InChI=1S/C15H14BrNOS/c1-11-9-12(16)7-8-14(11)17-15(18)10-19-13-5-3-2-4-6-13/h2-9H,10H2,1H3,(H,17,18). The Labute approximate surface area is 125 Å². The number of carbonyl (C=O) groups is 1. The molecule has 0 saturated heterocycles. The number of amides is 1. The number of anilines is 1. The monoisotopic (exact) mass is 335 g/mol. The molecular weight excluding hydrogens is 322 g/mol. The molecule has 2 aromatic rings. The van der Waals surface area contributed by atoms with E-state index in [0.717, 1.165) is 20.6 Å². The first kappa shape index (κ1) is 14.2. The van der Waals surface area contributed by atoms with Gasteiger partial charge >= 0.3 is 0 Å². The summed E-state index contributed by atoms with van der Waals surface area (Å²) in [4.78, 5) is 13.0. The molecule has 0 heterocycles. The molecule has 0 radical (unpaired) electrons. The Morgan fingerprint density at radius 1 is 1.21 bits per heavy atom. The van der Waals surface area contributed by atoms with Gasteiger partial charge in [0.1, 0.15) is 0 Å². The molecule has 0 aliphatic rings. The van der Waals surface area contributed by atoms with E-state index < -0.39 is 0 Å². The third kappa shape index (κ3) is 4.40. The van der Waals surface area contributed by atoms with Gasteiger partial charge in [-0.25, -0.2) is 0 Å². The van der Waals surface area contributed by atoms with Crippen LogP contribution in [0.5, 0.6) is 0 Å². The molecule has 1 amide bonds. The number of rotatable bonds is 4. The third-order valence-corrected chi connectivity index (χ3v) is 4.08. The summed E-state index contributed by atoms with van der Waals surface area (Å²) >= 11 is 4.94. The van der Waals surface area contributed by atoms with Crippen LogP contribution in [-0.2, 0) is 4.79 Å². The average molecular weight is 336 g/mol. The maximum Gasteiger partial charge on any atom is 0.234 e. The van der Waals surface area contributed by atoms with Crippen molar-refractivity contribution in [3.8, 4) is 0 Å². The molecule has 0 spiro atoms. The summed E-state index contributed by atoms with van der Waals surface area (Å²) in [6.45, 7) is 1.98. The number of benzene rings is 2. The minimum Gasteiger partial charge on any atom is -0.325 e. The highest BCUT2D eigenvalue weighted by atomic mass is 79.9. The van der Waals surface area contributed by atoms with Crippen LogP contribution >= 0.6 is 27.7 Å². The van der Waals surface area contributed by atoms with Gasteiger partial charge in [0.05, 0.1) is 5.75 Å². The first-order valence-corrected chi connectivity index (χ1v) is 7.67. The van der Waals surface area contributed by atoms with Gasteiger partial charge in [-0.1, -0.05) is 34.1 Å². The number of carbonyl (C=O) groups excluding carboxylic acids is 1. The zero-order valence-electron chi connectivity index (χ0n) is 10.5. The van der Waals surface area contributed by atoms with Crippen molar-refractivity contribution in [2.45, 2.75) is 11.8 Å². The van der Waals surface area contributed by atoms with E-state index in [1.807, 2.05) is 55.5 Å². The minimum atomic E-state index is 0.0132. The lowest BCUT2D eigenvalue weighted by Crippen LogP contribution is -2.14. The first-order chi connectivity index (χ1) is 9.15. The molecule has 0 fully saturated rings. The highest BCUT2D eigenvalue weighted by molar-refractivity contribution is 9.10. The quantitative estimate of drug-likeness (QED) is 0.834. The van der Waals surface area contributed by atoms with Crippen molar-refractivity contribution in [3.63, 3.8) is 0 Å². The number of halogens is 1. The summed E-state index contributed by atoms with van der Waals surface area (Å²) in [5.74, 6) is 0.429. The van der Waals surface area contributed by atoms with E-state index in [9.17, 15) is 4.79 Å². The third-order valence-electron chi connectivity index (χ3n) is 2.58. The number of aryl methyl sites for hydroxylation is 1. The van der Waals surface area contributed by atoms with Crippen LogP contribution in [0.15, 0.2) is 57.9 Å². The fraction of sp³-hybridized carbons (Fsp3) is 0.133. The molecule has 2 rings (SSSR count). The van der Waals surface area contributed by atoms with E-state index in [4.69, 9.17) is 0 Å². The van der Waals surface area contributed by atoms with Crippen molar-refractivity contribution in [2.75, 3.05) is 11.1 Å². The summed E-state index contributed by atoms with van der Waals surface area (Å²) < 4.78 is 1.02. The summed E-state index contributed by atoms with van der Waals surface area (Å²) in [6.07, 6.45) is 0. The SMILES string of the molecule is Cc1cc(Br)ccc1NC(=O)CSc1ccccc1.